The second-order valence-electron chi connectivity index (χ2n) is 4.45. The van der Waals surface area contributed by atoms with Gasteiger partial charge in [-0.15, -0.1) is 0 Å². The average Bonchev–Trinajstić information content (AvgIpc) is 2.33. The fourth-order valence-corrected chi connectivity index (χ4v) is 1.61. The Hall–Kier alpha value is -1.74. The minimum atomic E-state index is -4.51. The predicted molar refractivity (Wildman–Crippen MR) is 67.8 cm³/mol. The van der Waals surface area contributed by atoms with Crippen molar-refractivity contribution < 1.29 is 13.2 Å². The van der Waals surface area contributed by atoms with Crippen LogP contribution in [0.1, 0.15) is 17.5 Å². The lowest BCUT2D eigenvalue weighted by Crippen LogP contribution is -2.16. The van der Waals surface area contributed by atoms with Crippen LogP contribution >= 0.6 is 0 Å². The number of hydrogen-bond acceptors (Lipinski definition) is 3. The number of hydrogen-bond donors (Lipinski definition) is 1. The monoisotopic (exact) mass is 271 g/mol. The summed E-state index contributed by atoms with van der Waals surface area (Å²) < 4.78 is 38.2. The Labute approximate surface area is 110 Å². The summed E-state index contributed by atoms with van der Waals surface area (Å²) >= 11 is 0. The van der Waals surface area contributed by atoms with Gasteiger partial charge in [0.2, 0.25) is 0 Å². The van der Waals surface area contributed by atoms with E-state index < -0.39 is 11.7 Å². The zero-order valence-corrected chi connectivity index (χ0v) is 10.9. The number of rotatable bonds is 5. The Morgan fingerprint density at radius 3 is 2.53 bits per heavy atom. The van der Waals surface area contributed by atoms with E-state index in [4.69, 9.17) is 5.26 Å². The number of anilines is 1. The number of benzene rings is 1. The Bertz CT molecular complexity index is 461. The van der Waals surface area contributed by atoms with E-state index in [0.29, 0.717) is 12.2 Å². The van der Waals surface area contributed by atoms with E-state index in [-0.39, 0.29) is 5.56 Å². The highest BCUT2D eigenvalue weighted by Crippen LogP contribution is 2.33. The zero-order chi connectivity index (χ0) is 14.5. The summed E-state index contributed by atoms with van der Waals surface area (Å²) in [6, 6.07) is 5.22. The van der Waals surface area contributed by atoms with Gasteiger partial charge in [-0.3, -0.25) is 0 Å². The van der Waals surface area contributed by atoms with E-state index in [1.54, 1.807) is 6.07 Å². The fourth-order valence-electron chi connectivity index (χ4n) is 1.61. The molecule has 0 aliphatic heterocycles. The van der Waals surface area contributed by atoms with Crippen LogP contribution in [0.25, 0.3) is 0 Å². The summed E-state index contributed by atoms with van der Waals surface area (Å²) in [5.41, 5.74) is -0.871. The SMILES string of the molecule is CN(C)CCCNc1ccc(C#N)c(C(F)(F)F)c1. The number of alkyl halides is 3. The van der Waals surface area contributed by atoms with Crippen LogP contribution in [0.4, 0.5) is 18.9 Å². The van der Waals surface area contributed by atoms with Gasteiger partial charge in [0, 0.05) is 12.2 Å². The lowest BCUT2D eigenvalue weighted by Gasteiger charge is -2.13. The highest BCUT2D eigenvalue weighted by Gasteiger charge is 2.33. The van der Waals surface area contributed by atoms with Crippen molar-refractivity contribution in [2.24, 2.45) is 0 Å². The lowest BCUT2D eigenvalue weighted by atomic mass is 10.1. The molecule has 0 fully saturated rings. The lowest BCUT2D eigenvalue weighted by molar-refractivity contribution is -0.137. The van der Waals surface area contributed by atoms with Gasteiger partial charge in [0.05, 0.1) is 17.2 Å². The van der Waals surface area contributed by atoms with Gasteiger partial charge in [-0.05, 0) is 45.3 Å². The van der Waals surface area contributed by atoms with Crippen LogP contribution in [0.3, 0.4) is 0 Å². The van der Waals surface area contributed by atoms with Crippen molar-refractivity contribution in [1.82, 2.24) is 4.90 Å². The molecule has 0 unspecified atom stereocenters. The van der Waals surface area contributed by atoms with Gasteiger partial charge in [-0.2, -0.15) is 18.4 Å². The first-order valence-electron chi connectivity index (χ1n) is 5.84. The highest BCUT2D eigenvalue weighted by molar-refractivity contribution is 5.53. The molecule has 0 aromatic heterocycles. The summed E-state index contributed by atoms with van der Waals surface area (Å²) in [5.74, 6) is 0. The largest absolute Gasteiger partial charge is 0.417 e. The molecule has 0 spiro atoms. The molecule has 1 N–H and O–H groups in total. The number of nitriles is 1. The van der Waals surface area contributed by atoms with Crippen molar-refractivity contribution >= 4 is 5.69 Å². The Morgan fingerprint density at radius 1 is 1.32 bits per heavy atom. The van der Waals surface area contributed by atoms with Crippen molar-refractivity contribution in [2.75, 3.05) is 32.5 Å². The molecule has 3 nitrogen and oxygen atoms in total. The van der Waals surface area contributed by atoms with Gasteiger partial charge in [0.1, 0.15) is 0 Å². The van der Waals surface area contributed by atoms with Crippen LogP contribution in [0.5, 0.6) is 0 Å². The Balaban J connectivity index is 2.74. The van der Waals surface area contributed by atoms with Crippen LogP contribution in [0, 0.1) is 11.3 Å². The minimum Gasteiger partial charge on any atom is -0.385 e. The molecule has 0 radical (unpaired) electrons. The van der Waals surface area contributed by atoms with Gasteiger partial charge in [-0.25, -0.2) is 0 Å². The molecule has 0 aliphatic rings. The molecule has 104 valence electrons. The van der Waals surface area contributed by atoms with Gasteiger partial charge >= 0.3 is 6.18 Å². The van der Waals surface area contributed by atoms with Gasteiger partial charge in [-0.1, -0.05) is 0 Å². The molecule has 1 aromatic rings. The third kappa shape index (κ3) is 4.79. The van der Waals surface area contributed by atoms with Crippen LogP contribution in [0.2, 0.25) is 0 Å². The number of nitrogens with zero attached hydrogens (tertiary/aromatic N) is 2. The Morgan fingerprint density at radius 2 is 2.00 bits per heavy atom. The predicted octanol–water partition coefficient (Wildman–Crippen LogP) is 2.94. The second kappa shape index (κ2) is 6.43. The van der Waals surface area contributed by atoms with Crippen LogP contribution in [-0.4, -0.2) is 32.1 Å². The van der Waals surface area contributed by atoms with Crippen molar-refractivity contribution in [1.29, 1.82) is 5.26 Å². The average molecular weight is 271 g/mol. The van der Waals surface area contributed by atoms with E-state index >= 15 is 0 Å². The van der Waals surface area contributed by atoms with E-state index in [1.807, 2.05) is 19.0 Å². The molecule has 0 aliphatic carbocycles. The number of nitrogens with one attached hydrogen (secondary N) is 1. The molecule has 0 heterocycles. The van der Waals surface area contributed by atoms with Gasteiger partial charge < -0.3 is 10.2 Å². The van der Waals surface area contributed by atoms with Crippen LogP contribution in [-0.2, 0) is 6.18 Å². The molecule has 0 atom stereocenters. The van der Waals surface area contributed by atoms with E-state index in [1.165, 1.54) is 12.1 Å². The highest BCUT2D eigenvalue weighted by atomic mass is 19.4. The quantitative estimate of drug-likeness (QED) is 0.837. The van der Waals surface area contributed by atoms with Crippen molar-refractivity contribution in [2.45, 2.75) is 12.6 Å². The van der Waals surface area contributed by atoms with Crippen molar-refractivity contribution in [3.63, 3.8) is 0 Å². The Kier molecular flexibility index (Phi) is 5.19. The maximum absolute atomic E-state index is 12.7. The molecule has 6 heteroatoms. The summed E-state index contributed by atoms with van der Waals surface area (Å²) in [4.78, 5) is 2.00. The summed E-state index contributed by atoms with van der Waals surface area (Å²) in [5, 5.41) is 11.6. The van der Waals surface area contributed by atoms with Crippen LogP contribution < -0.4 is 5.32 Å². The molecule has 19 heavy (non-hydrogen) atoms. The van der Waals surface area contributed by atoms with E-state index in [9.17, 15) is 13.2 Å². The molecule has 0 saturated carbocycles. The smallest absolute Gasteiger partial charge is 0.385 e. The summed E-state index contributed by atoms with van der Waals surface area (Å²) in [7, 11) is 3.87. The molecule has 1 aromatic carbocycles. The normalized spacial score (nSPS) is 11.4. The maximum atomic E-state index is 12.7. The first-order chi connectivity index (χ1) is 8.84. The van der Waals surface area contributed by atoms with Crippen LogP contribution in [0.15, 0.2) is 18.2 Å². The van der Waals surface area contributed by atoms with Gasteiger partial charge in [0.25, 0.3) is 0 Å². The minimum absolute atomic E-state index is 0.355. The molecule has 0 saturated heterocycles. The summed E-state index contributed by atoms with van der Waals surface area (Å²) in [6.07, 6.45) is -3.68. The first kappa shape index (κ1) is 15.3. The molecule has 1 rings (SSSR count). The van der Waals surface area contributed by atoms with Crippen molar-refractivity contribution in [3.8, 4) is 6.07 Å². The molecular weight excluding hydrogens is 255 g/mol. The molecule has 0 amide bonds. The fraction of sp³-hybridized carbons (Fsp3) is 0.462. The van der Waals surface area contributed by atoms with E-state index in [2.05, 4.69) is 5.32 Å². The third-order valence-electron chi connectivity index (χ3n) is 2.56. The second-order valence-corrected chi connectivity index (χ2v) is 4.45. The van der Waals surface area contributed by atoms with E-state index in [0.717, 1.165) is 19.0 Å². The van der Waals surface area contributed by atoms with Crippen molar-refractivity contribution in [3.05, 3.63) is 29.3 Å². The topological polar surface area (TPSA) is 39.1 Å². The molecular formula is C13H16F3N3. The van der Waals surface area contributed by atoms with Gasteiger partial charge in [0.15, 0.2) is 0 Å². The maximum Gasteiger partial charge on any atom is 0.417 e. The standard InChI is InChI=1S/C13H16F3N3/c1-19(2)7-3-6-18-11-5-4-10(9-17)12(8-11)13(14,15)16/h4-5,8,18H,3,6-7H2,1-2H3. The summed E-state index contributed by atoms with van der Waals surface area (Å²) in [6.45, 7) is 1.44. The first-order valence-corrected chi connectivity index (χ1v) is 5.84. The number of halogens is 3. The third-order valence-corrected chi connectivity index (χ3v) is 2.56. The molecule has 0 bridgehead atoms. The zero-order valence-electron chi connectivity index (χ0n) is 10.9.